The molecule has 0 aliphatic carbocycles. The summed E-state index contributed by atoms with van der Waals surface area (Å²) in [6, 6.07) is -0.0784. The number of hydrogen-bond acceptors (Lipinski definition) is 4. The van der Waals surface area contributed by atoms with Crippen LogP contribution in [0.3, 0.4) is 0 Å². The molecule has 4 heterocycles. The highest BCUT2D eigenvalue weighted by Gasteiger charge is 2.41. The fraction of sp³-hybridized carbons (Fsp3) is 0.750. The fourth-order valence-corrected chi connectivity index (χ4v) is 5.02. The Kier molecular flexibility index (Phi) is 5.17. The minimum absolute atomic E-state index is 0.0315. The molecule has 8 nitrogen and oxygen atoms in total. The van der Waals surface area contributed by atoms with Crippen molar-refractivity contribution in [2.45, 2.75) is 38.6 Å². The Balaban J connectivity index is 1.83. The van der Waals surface area contributed by atoms with Crippen LogP contribution < -0.4 is 0 Å². The molecule has 3 saturated heterocycles. The molecule has 1 amide bonds. The molecule has 2 bridgehead atoms. The summed E-state index contributed by atoms with van der Waals surface area (Å²) in [6.45, 7) is 3.52. The molecule has 3 fully saturated rings. The zero-order valence-corrected chi connectivity index (χ0v) is 15.9. The van der Waals surface area contributed by atoms with Crippen LogP contribution in [0.15, 0.2) is 6.20 Å². The number of aromatic nitrogens is 2. The number of carbonyl (C=O) groups is 1. The van der Waals surface area contributed by atoms with Crippen molar-refractivity contribution >= 4 is 16.1 Å². The van der Waals surface area contributed by atoms with Crippen molar-refractivity contribution in [2.24, 2.45) is 5.92 Å². The summed E-state index contributed by atoms with van der Waals surface area (Å²) >= 11 is 0. The van der Waals surface area contributed by atoms with Crippen LogP contribution in [0.4, 0.5) is 0 Å². The van der Waals surface area contributed by atoms with Gasteiger partial charge in [0.05, 0.1) is 11.8 Å². The number of nitrogens with zero attached hydrogens (tertiary/aromatic N) is 4. The Morgan fingerprint density at radius 3 is 2.76 bits per heavy atom. The summed E-state index contributed by atoms with van der Waals surface area (Å²) in [5.41, 5.74) is 1.49. The lowest BCUT2D eigenvalue weighted by Gasteiger charge is -2.36. The monoisotopic (exact) mass is 369 g/mol. The van der Waals surface area contributed by atoms with Crippen LogP contribution in [-0.2, 0) is 16.6 Å². The van der Waals surface area contributed by atoms with E-state index in [-0.39, 0.29) is 17.9 Å². The maximum Gasteiger partial charge on any atom is 0.281 e. The van der Waals surface area contributed by atoms with Gasteiger partial charge in [0.25, 0.3) is 16.1 Å². The van der Waals surface area contributed by atoms with Gasteiger partial charge in [-0.15, -0.1) is 0 Å². The van der Waals surface area contributed by atoms with Crippen molar-refractivity contribution in [3.8, 4) is 0 Å². The number of aryl methyl sites for hydroxylation is 1. The Bertz CT molecular complexity index is 730. The maximum absolute atomic E-state index is 13.1. The molecule has 1 N–H and O–H groups in total. The first kappa shape index (κ1) is 18.3. The van der Waals surface area contributed by atoms with Crippen molar-refractivity contribution in [1.29, 1.82) is 0 Å². The van der Waals surface area contributed by atoms with Crippen molar-refractivity contribution in [2.75, 3.05) is 33.7 Å². The molecule has 0 radical (unpaired) electrons. The number of amides is 1. The van der Waals surface area contributed by atoms with Crippen LogP contribution in [0.1, 0.15) is 42.2 Å². The SMILES string of the molecule is CCCc1[nH]ncc1C(=O)N1C[C@@H]2CC[C@H]1CN(S(=O)(=O)N(C)C)C2. The Hall–Kier alpha value is -1.45. The van der Waals surface area contributed by atoms with Gasteiger partial charge in [-0.05, 0) is 25.2 Å². The summed E-state index contributed by atoms with van der Waals surface area (Å²) in [7, 11) is -0.360. The van der Waals surface area contributed by atoms with E-state index < -0.39 is 10.2 Å². The Labute approximate surface area is 149 Å². The number of piperidine rings is 1. The van der Waals surface area contributed by atoms with Gasteiger partial charge < -0.3 is 4.90 Å². The predicted molar refractivity (Wildman–Crippen MR) is 94.3 cm³/mol. The van der Waals surface area contributed by atoms with Crippen molar-refractivity contribution in [3.63, 3.8) is 0 Å². The zero-order valence-electron chi connectivity index (χ0n) is 15.1. The molecular formula is C16H27N5O3S. The molecule has 2 atom stereocenters. The lowest BCUT2D eigenvalue weighted by molar-refractivity contribution is 0.0587. The van der Waals surface area contributed by atoms with Crippen LogP contribution in [-0.4, -0.2) is 77.8 Å². The van der Waals surface area contributed by atoms with E-state index in [0.29, 0.717) is 25.2 Å². The average Bonchev–Trinajstić information content (AvgIpc) is 2.82. The first-order valence-electron chi connectivity index (χ1n) is 8.85. The van der Waals surface area contributed by atoms with Gasteiger partial charge in [0, 0.05) is 45.5 Å². The average molecular weight is 369 g/mol. The molecule has 0 spiro atoms. The van der Waals surface area contributed by atoms with Gasteiger partial charge in [-0.2, -0.15) is 22.1 Å². The van der Waals surface area contributed by atoms with E-state index in [9.17, 15) is 13.2 Å². The quantitative estimate of drug-likeness (QED) is 0.827. The Morgan fingerprint density at radius 2 is 2.08 bits per heavy atom. The zero-order chi connectivity index (χ0) is 18.2. The summed E-state index contributed by atoms with van der Waals surface area (Å²) in [5, 5.41) is 6.96. The van der Waals surface area contributed by atoms with Crippen LogP contribution in [0.2, 0.25) is 0 Å². The van der Waals surface area contributed by atoms with Crippen molar-refractivity contribution in [1.82, 2.24) is 23.7 Å². The second kappa shape index (κ2) is 7.05. The first-order chi connectivity index (χ1) is 11.8. The van der Waals surface area contributed by atoms with E-state index in [4.69, 9.17) is 0 Å². The topological polar surface area (TPSA) is 89.6 Å². The van der Waals surface area contributed by atoms with Crippen molar-refractivity contribution < 1.29 is 13.2 Å². The summed E-state index contributed by atoms with van der Waals surface area (Å²) in [6.07, 6.45) is 5.12. The van der Waals surface area contributed by atoms with Gasteiger partial charge in [-0.25, -0.2) is 0 Å². The molecule has 0 unspecified atom stereocenters. The number of rotatable bonds is 5. The standard InChI is InChI=1S/C16H27N5O3S/c1-4-5-15-14(8-17-18-15)16(22)21-10-12-6-7-13(21)11-20(9-12)25(23,24)19(2)3/h8,12-13H,4-7,9-11H2,1-3H3,(H,17,18)/t12-,13+/m1/s1. The smallest absolute Gasteiger partial charge is 0.281 e. The maximum atomic E-state index is 13.1. The van der Waals surface area contributed by atoms with Gasteiger partial charge >= 0.3 is 0 Å². The number of carbonyl (C=O) groups excluding carboxylic acids is 1. The summed E-state index contributed by atoms with van der Waals surface area (Å²) < 4.78 is 27.9. The van der Waals surface area contributed by atoms with Gasteiger partial charge in [0.1, 0.15) is 0 Å². The molecule has 1 aromatic rings. The number of aromatic amines is 1. The minimum Gasteiger partial charge on any atom is -0.334 e. The van der Waals surface area contributed by atoms with Gasteiger partial charge in [0.2, 0.25) is 0 Å². The molecule has 25 heavy (non-hydrogen) atoms. The van der Waals surface area contributed by atoms with Crippen LogP contribution in [0, 0.1) is 5.92 Å². The molecule has 0 saturated carbocycles. The highest BCUT2D eigenvalue weighted by Crippen LogP contribution is 2.31. The lowest BCUT2D eigenvalue weighted by Crippen LogP contribution is -2.48. The molecule has 4 rings (SSSR count). The lowest BCUT2D eigenvalue weighted by atomic mass is 9.94. The molecule has 9 heteroatoms. The molecule has 1 aromatic heterocycles. The minimum atomic E-state index is -3.46. The van der Waals surface area contributed by atoms with E-state index in [1.807, 2.05) is 4.90 Å². The number of fused-ring (bicyclic) bond motifs is 4. The predicted octanol–water partition coefficient (Wildman–Crippen LogP) is 0.705. The molecule has 140 valence electrons. The van der Waals surface area contributed by atoms with Gasteiger partial charge in [-0.1, -0.05) is 13.3 Å². The van der Waals surface area contributed by atoms with E-state index in [1.165, 1.54) is 8.61 Å². The number of H-pyrrole nitrogens is 1. The largest absolute Gasteiger partial charge is 0.334 e. The molecular weight excluding hydrogens is 342 g/mol. The summed E-state index contributed by atoms with van der Waals surface area (Å²) in [4.78, 5) is 14.9. The van der Waals surface area contributed by atoms with Crippen molar-refractivity contribution in [3.05, 3.63) is 17.5 Å². The van der Waals surface area contributed by atoms with Gasteiger partial charge in [-0.3, -0.25) is 9.89 Å². The highest BCUT2D eigenvalue weighted by atomic mass is 32.2. The van der Waals surface area contributed by atoms with E-state index in [0.717, 1.165) is 31.4 Å². The third kappa shape index (κ3) is 3.45. The van der Waals surface area contributed by atoms with Crippen LogP contribution >= 0.6 is 0 Å². The third-order valence-electron chi connectivity index (χ3n) is 5.18. The molecule has 3 aliphatic heterocycles. The normalized spacial score (nSPS) is 24.7. The first-order valence-corrected chi connectivity index (χ1v) is 10.2. The fourth-order valence-electron chi connectivity index (χ4n) is 3.80. The summed E-state index contributed by atoms with van der Waals surface area (Å²) in [5.74, 6) is 0.148. The Morgan fingerprint density at radius 1 is 1.32 bits per heavy atom. The third-order valence-corrected chi connectivity index (χ3v) is 7.05. The van der Waals surface area contributed by atoms with E-state index in [1.54, 1.807) is 20.3 Å². The van der Waals surface area contributed by atoms with E-state index in [2.05, 4.69) is 17.1 Å². The van der Waals surface area contributed by atoms with Crippen LogP contribution in [0.5, 0.6) is 0 Å². The second-order valence-electron chi connectivity index (χ2n) is 7.17. The van der Waals surface area contributed by atoms with Crippen LogP contribution in [0.25, 0.3) is 0 Å². The molecule has 3 aliphatic rings. The number of nitrogens with one attached hydrogen (secondary N) is 1. The second-order valence-corrected chi connectivity index (χ2v) is 9.32. The van der Waals surface area contributed by atoms with E-state index >= 15 is 0 Å². The number of hydrogen-bond donors (Lipinski definition) is 1. The highest BCUT2D eigenvalue weighted by molar-refractivity contribution is 7.86. The molecule has 0 aromatic carbocycles. The van der Waals surface area contributed by atoms with Gasteiger partial charge in [0.15, 0.2) is 0 Å².